The highest BCUT2D eigenvalue weighted by Crippen LogP contribution is 2.47. The Balaban J connectivity index is 1.11. The molecule has 0 bridgehead atoms. The molecule has 0 amide bonds. The molecule has 324 valence electrons. The molecule has 6 aromatic carbocycles. The monoisotopic (exact) mass is 860 g/mol. The molecule has 1 aliphatic heterocycles. The summed E-state index contributed by atoms with van der Waals surface area (Å²) in [5.41, 5.74) is 12.3. The summed E-state index contributed by atoms with van der Waals surface area (Å²) in [7, 11) is -1.82. The van der Waals surface area contributed by atoms with Crippen LogP contribution >= 0.6 is 0 Å². The summed E-state index contributed by atoms with van der Waals surface area (Å²) in [6.07, 6.45) is 1.93. The minimum Gasteiger partial charge on any atom is -0.457 e. The SMILES string of the molecule is CC(C)(C)c1cc(N2CN(c3cc(Oc4ccc5c6oc7ccc8ccccc8c7c6n(-c6cc(C(C)(C)C)ccn6)c5c4)cc([Si](C)(C)C)c3)c3ccccc32)cc(C(C)(C)C)c1. The van der Waals surface area contributed by atoms with Crippen LogP contribution in [0.3, 0.4) is 0 Å². The number of aromatic nitrogens is 2. The second-order valence-electron chi connectivity index (χ2n) is 21.9. The molecule has 0 radical (unpaired) electrons. The van der Waals surface area contributed by atoms with E-state index in [1.807, 2.05) is 6.20 Å². The van der Waals surface area contributed by atoms with Crippen LogP contribution in [0.25, 0.3) is 49.6 Å². The minimum absolute atomic E-state index is 0.0104. The molecule has 0 atom stereocenters. The number of anilines is 4. The molecule has 9 aromatic rings. The van der Waals surface area contributed by atoms with E-state index in [2.05, 4.69) is 224 Å². The molecular weight excluding hydrogens is 801 g/mol. The van der Waals surface area contributed by atoms with Crippen LogP contribution in [0, 0.1) is 0 Å². The van der Waals surface area contributed by atoms with Crippen LogP contribution < -0.4 is 19.7 Å². The highest BCUT2D eigenvalue weighted by molar-refractivity contribution is 6.88. The third-order valence-electron chi connectivity index (χ3n) is 13.1. The first-order chi connectivity index (χ1) is 30.2. The maximum atomic E-state index is 7.05. The Labute approximate surface area is 379 Å². The molecule has 1 aliphatic rings. The van der Waals surface area contributed by atoms with E-state index in [0.29, 0.717) is 6.67 Å². The van der Waals surface area contributed by atoms with Crippen LogP contribution in [0.15, 0.2) is 138 Å². The molecule has 0 saturated carbocycles. The summed E-state index contributed by atoms with van der Waals surface area (Å²) in [4.78, 5) is 9.96. The summed E-state index contributed by atoms with van der Waals surface area (Å²) < 4.78 is 16.1. The first-order valence-corrected chi connectivity index (χ1v) is 26.2. The van der Waals surface area contributed by atoms with E-state index in [1.54, 1.807) is 0 Å². The van der Waals surface area contributed by atoms with Gasteiger partial charge in [0.2, 0.25) is 0 Å². The Kier molecular flexibility index (Phi) is 9.52. The predicted octanol–water partition coefficient (Wildman–Crippen LogP) is 15.6. The summed E-state index contributed by atoms with van der Waals surface area (Å²) in [5, 5.41) is 5.76. The lowest BCUT2D eigenvalue weighted by Crippen LogP contribution is -2.38. The molecule has 64 heavy (non-hydrogen) atoms. The Morgan fingerprint density at radius 1 is 0.578 bits per heavy atom. The van der Waals surface area contributed by atoms with Crippen molar-refractivity contribution in [1.82, 2.24) is 9.55 Å². The number of fused-ring (bicyclic) bond motifs is 8. The molecule has 0 N–H and O–H groups in total. The van der Waals surface area contributed by atoms with Crippen LogP contribution in [0.4, 0.5) is 22.7 Å². The third-order valence-corrected chi connectivity index (χ3v) is 15.1. The van der Waals surface area contributed by atoms with E-state index in [-0.39, 0.29) is 16.2 Å². The summed E-state index contributed by atoms with van der Waals surface area (Å²) >= 11 is 0. The molecule has 4 heterocycles. The number of ether oxygens (including phenoxy) is 1. The number of pyridine rings is 1. The molecule has 0 saturated heterocycles. The van der Waals surface area contributed by atoms with Gasteiger partial charge in [-0.25, -0.2) is 4.98 Å². The van der Waals surface area contributed by atoms with Crippen molar-refractivity contribution in [2.45, 2.75) is 98.2 Å². The Morgan fingerprint density at radius 2 is 1.22 bits per heavy atom. The Hall–Kier alpha value is -6.31. The average molecular weight is 861 g/mol. The van der Waals surface area contributed by atoms with E-state index in [0.717, 1.165) is 61.4 Å². The van der Waals surface area contributed by atoms with Gasteiger partial charge in [0.05, 0.1) is 30.4 Å². The zero-order chi connectivity index (χ0) is 45.1. The summed E-state index contributed by atoms with van der Waals surface area (Å²) in [5.74, 6) is 2.43. The minimum atomic E-state index is -1.82. The zero-order valence-corrected chi connectivity index (χ0v) is 40.5. The van der Waals surface area contributed by atoms with Gasteiger partial charge in [0, 0.05) is 35.1 Å². The molecule has 0 spiro atoms. The maximum absolute atomic E-state index is 7.05. The van der Waals surface area contributed by atoms with Gasteiger partial charge in [-0.1, -0.05) is 136 Å². The maximum Gasteiger partial charge on any atom is 0.161 e. The van der Waals surface area contributed by atoms with Gasteiger partial charge < -0.3 is 19.0 Å². The van der Waals surface area contributed by atoms with E-state index in [4.69, 9.17) is 14.1 Å². The number of hydrogen-bond acceptors (Lipinski definition) is 5. The van der Waals surface area contributed by atoms with Gasteiger partial charge in [0.1, 0.15) is 35.1 Å². The smallest absolute Gasteiger partial charge is 0.161 e. The third kappa shape index (κ3) is 7.24. The van der Waals surface area contributed by atoms with Gasteiger partial charge in [-0.2, -0.15) is 0 Å². The van der Waals surface area contributed by atoms with Gasteiger partial charge in [0.15, 0.2) is 5.58 Å². The lowest BCUT2D eigenvalue weighted by atomic mass is 9.80. The van der Waals surface area contributed by atoms with E-state index < -0.39 is 8.07 Å². The highest BCUT2D eigenvalue weighted by atomic mass is 28.3. The molecule has 0 unspecified atom stereocenters. The zero-order valence-electron chi connectivity index (χ0n) is 39.5. The Bertz CT molecular complexity index is 3260. The number of para-hydroxylation sites is 2. The fourth-order valence-electron chi connectivity index (χ4n) is 9.22. The molecule has 7 heteroatoms. The topological polar surface area (TPSA) is 46.7 Å². The largest absolute Gasteiger partial charge is 0.457 e. The van der Waals surface area contributed by atoms with E-state index >= 15 is 0 Å². The van der Waals surface area contributed by atoms with Crippen molar-refractivity contribution in [3.05, 3.63) is 150 Å². The van der Waals surface area contributed by atoms with Crippen LogP contribution in [-0.2, 0) is 16.2 Å². The fourth-order valence-corrected chi connectivity index (χ4v) is 10.4. The number of hydrogen-bond donors (Lipinski definition) is 0. The molecule has 10 rings (SSSR count). The standard InChI is InChI=1S/C57H60N4O2Si/c1-55(2,3)37-25-26-58-51(30-37)61-49-34-42(22-23-46(49)54-53(61)52-45-18-14-13-17-36(45)21-24-50(52)63-54)62-43-31-41(32-44(33-43)64(10,11)12)60-35-59(47-19-15-16-20-48(47)60)40-28-38(56(4,5)6)27-39(29-40)57(7,8)9/h13-34H,35H2,1-12H3. The second-order valence-corrected chi connectivity index (χ2v) is 27.0. The Morgan fingerprint density at radius 3 is 1.88 bits per heavy atom. The average Bonchev–Trinajstić information content (AvgIpc) is 3.91. The summed E-state index contributed by atoms with van der Waals surface area (Å²) in [6, 6.07) is 46.4. The van der Waals surface area contributed by atoms with Gasteiger partial charge in [-0.15, -0.1) is 0 Å². The van der Waals surface area contributed by atoms with Crippen molar-refractivity contribution in [2.75, 3.05) is 16.5 Å². The molecule has 0 fully saturated rings. The van der Waals surface area contributed by atoms with Crippen LogP contribution in [0.5, 0.6) is 11.5 Å². The van der Waals surface area contributed by atoms with Gasteiger partial charge in [-0.3, -0.25) is 4.57 Å². The van der Waals surface area contributed by atoms with E-state index in [9.17, 15) is 0 Å². The van der Waals surface area contributed by atoms with Crippen molar-refractivity contribution in [3.8, 4) is 17.3 Å². The number of rotatable bonds is 6. The fraction of sp³-hybridized carbons (Fsp3) is 0.281. The highest BCUT2D eigenvalue weighted by Gasteiger charge is 2.32. The van der Waals surface area contributed by atoms with Crippen LogP contribution in [0.2, 0.25) is 19.6 Å². The molecule has 0 aliphatic carbocycles. The number of furan rings is 1. The van der Waals surface area contributed by atoms with Crippen LogP contribution in [-0.4, -0.2) is 24.3 Å². The van der Waals surface area contributed by atoms with Gasteiger partial charge >= 0.3 is 0 Å². The van der Waals surface area contributed by atoms with Crippen molar-refractivity contribution < 1.29 is 9.15 Å². The van der Waals surface area contributed by atoms with E-state index in [1.165, 1.54) is 44.3 Å². The quantitative estimate of drug-likeness (QED) is 0.156. The predicted molar refractivity (Wildman–Crippen MR) is 273 cm³/mol. The molecule has 6 nitrogen and oxygen atoms in total. The first-order valence-electron chi connectivity index (χ1n) is 22.7. The van der Waals surface area contributed by atoms with Crippen molar-refractivity contribution in [1.29, 1.82) is 0 Å². The number of nitrogens with zero attached hydrogens (tertiary/aromatic N) is 4. The lowest BCUT2D eigenvalue weighted by molar-refractivity contribution is 0.484. The van der Waals surface area contributed by atoms with Crippen LogP contribution in [0.1, 0.15) is 79.0 Å². The number of benzene rings is 6. The first kappa shape index (κ1) is 41.7. The van der Waals surface area contributed by atoms with Crippen molar-refractivity contribution >= 4 is 79.8 Å². The van der Waals surface area contributed by atoms with Crippen molar-refractivity contribution in [3.63, 3.8) is 0 Å². The van der Waals surface area contributed by atoms with Gasteiger partial charge in [0.25, 0.3) is 0 Å². The normalized spacial score (nSPS) is 13.8. The molecular formula is C57H60N4O2Si. The molecule has 3 aromatic heterocycles. The second kappa shape index (κ2) is 14.6. The van der Waals surface area contributed by atoms with Crippen molar-refractivity contribution in [2.24, 2.45) is 0 Å². The van der Waals surface area contributed by atoms with Gasteiger partial charge in [-0.05, 0) is 110 Å². The summed E-state index contributed by atoms with van der Waals surface area (Å²) in [6.45, 7) is 28.5. The lowest BCUT2D eigenvalue weighted by Gasteiger charge is -2.29.